The Morgan fingerprint density at radius 1 is 1.24 bits per heavy atom. The molecule has 2 aromatic rings. The molecule has 1 amide bonds. The van der Waals surface area contributed by atoms with Crippen LogP contribution in [-0.2, 0) is 11.3 Å². The molecule has 1 aliphatic rings. The van der Waals surface area contributed by atoms with Crippen molar-refractivity contribution in [3.8, 4) is 0 Å². The molecule has 3 rings (SSSR count). The third kappa shape index (κ3) is 5.52. The molecule has 134 valence electrons. The number of nitrogens with one attached hydrogen (secondary N) is 2. The minimum atomic E-state index is -0.381. The van der Waals surface area contributed by atoms with Gasteiger partial charge in [-0.2, -0.15) is 0 Å². The van der Waals surface area contributed by atoms with Crippen molar-refractivity contribution >= 4 is 17.7 Å². The lowest BCUT2D eigenvalue weighted by molar-refractivity contribution is -0.905. The number of morpholine rings is 1. The summed E-state index contributed by atoms with van der Waals surface area (Å²) in [6, 6.07) is 5.33. The summed E-state index contributed by atoms with van der Waals surface area (Å²) in [6.45, 7) is 4.86. The number of ether oxygens (including phenoxy) is 1. The molecule has 9 heteroatoms. The van der Waals surface area contributed by atoms with Crippen LogP contribution in [0.25, 0.3) is 0 Å². The van der Waals surface area contributed by atoms with E-state index in [0.29, 0.717) is 16.7 Å². The maximum atomic E-state index is 12.8. The number of halogens is 1. The van der Waals surface area contributed by atoms with Crippen molar-refractivity contribution in [1.29, 1.82) is 0 Å². The Morgan fingerprint density at radius 3 is 2.76 bits per heavy atom. The molecule has 1 saturated heterocycles. The molecular weight excluding hydrogens is 347 g/mol. The predicted octanol–water partition coefficient (Wildman–Crippen LogP) is 0.146. The Morgan fingerprint density at radius 2 is 2.00 bits per heavy atom. The number of carbonyl (C=O) groups excluding carboxylic acids is 1. The fourth-order valence-electron chi connectivity index (χ4n) is 2.42. The van der Waals surface area contributed by atoms with Gasteiger partial charge in [-0.1, -0.05) is 11.8 Å². The minimum Gasteiger partial charge on any atom is -0.414 e. The van der Waals surface area contributed by atoms with Gasteiger partial charge in [-0.05, 0) is 24.3 Å². The van der Waals surface area contributed by atoms with Gasteiger partial charge in [0.2, 0.25) is 5.89 Å². The van der Waals surface area contributed by atoms with Crippen LogP contribution in [0.5, 0.6) is 0 Å². The highest BCUT2D eigenvalue weighted by Gasteiger charge is 2.15. The summed E-state index contributed by atoms with van der Waals surface area (Å²) in [5.74, 6) is 0.535. The topological polar surface area (TPSA) is 81.7 Å². The van der Waals surface area contributed by atoms with E-state index in [9.17, 15) is 9.18 Å². The number of hydrogen-bond donors (Lipinski definition) is 2. The second-order valence-electron chi connectivity index (χ2n) is 5.61. The van der Waals surface area contributed by atoms with Crippen LogP contribution in [-0.4, -0.2) is 54.7 Å². The summed E-state index contributed by atoms with van der Waals surface area (Å²) in [7, 11) is 0. The molecule has 2 heterocycles. The molecule has 0 spiro atoms. The molecule has 2 N–H and O–H groups in total. The van der Waals surface area contributed by atoms with Gasteiger partial charge in [0.25, 0.3) is 11.1 Å². The maximum absolute atomic E-state index is 12.8. The normalized spacial score (nSPS) is 15.2. The number of thioether (sulfide) groups is 1. The van der Waals surface area contributed by atoms with Crippen LogP contribution in [0.3, 0.4) is 0 Å². The van der Waals surface area contributed by atoms with Crippen LogP contribution in [0.1, 0.15) is 16.2 Å². The number of rotatable bonds is 7. The summed E-state index contributed by atoms with van der Waals surface area (Å²) in [5, 5.41) is 11.1. The fraction of sp³-hybridized carbons (Fsp3) is 0.438. The van der Waals surface area contributed by atoms with Crippen molar-refractivity contribution in [1.82, 2.24) is 15.5 Å². The highest BCUT2D eigenvalue weighted by Crippen LogP contribution is 2.15. The first-order valence-corrected chi connectivity index (χ1v) is 9.09. The van der Waals surface area contributed by atoms with Crippen LogP contribution >= 0.6 is 11.8 Å². The van der Waals surface area contributed by atoms with Crippen molar-refractivity contribution in [3.63, 3.8) is 0 Å². The van der Waals surface area contributed by atoms with E-state index in [-0.39, 0.29) is 18.3 Å². The smallest absolute Gasteiger partial charge is 0.276 e. The average Bonchev–Trinajstić information content (AvgIpc) is 3.09. The lowest BCUT2D eigenvalue weighted by atomic mass is 10.2. The van der Waals surface area contributed by atoms with Crippen LogP contribution in [0.2, 0.25) is 0 Å². The highest BCUT2D eigenvalue weighted by atomic mass is 32.2. The zero-order valence-electron chi connectivity index (χ0n) is 13.7. The number of quaternary nitrogens is 1. The third-order valence-electron chi connectivity index (χ3n) is 3.84. The second-order valence-corrected chi connectivity index (χ2v) is 6.66. The second kappa shape index (κ2) is 8.93. The lowest BCUT2D eigenvalue weighted by Gasteiger charge is -2.23. The molecule has 0 atom stereocenters. The lowest BCUT2D eigenvalue weighted by Crippen LogP contribution is -3.14. The number of nitrogens with zero attached hydrogens (tertiary/aromatic N) is 2. The van der Waals surface area contributed by atoms with Gasteiger partial charge in [0.1, 0.15) is 18.9 Å². The number of hydrogen-bond acceptors (Lipinski definition) is 6. The molecule has 25 heavy (non-hydrogen) atoms. The number of amides is 1. The Balaban J connectivity index is 1.40. The van der Waals surface area contributed by atoms with Gasteiger partial charge >= 0.3 is 0 Å². The molecular formula is C16H20FN4O3S+. The maximum Gasteiger partial charge on any atom is 0.276 e. The third-order valence-corrected chi connectivity index (χ3v) is 4.66. The highest BCUT2D eigenvalue weighted by molar-refractivity contribution is 7.99. The summed E-state index contributed by atoms with van der Waals surface area (Å²) < 4.78 is 23.7. The first-order chi connectivity index (χ1) is 12.2. The monoisotopic (exact) mass is 367 g/mol. The average molecular weight is 367 g/mol. The molecule has 1 fully saturated rings. The van der Waals surface area contributed by atoms with Gasteiger partial charge in [0, 0.05) is 5.56 Å². The molecule has 1 aromatic carbocycles. The first kappa shape index (κ1) is 17.8. The Bertz CT molecular complexity index is 689. The molecule has 0 saturated carbocycles. The molecule has 1 aliphatic heterocycles. The van der Waals surface area contributed by atoms with Crippen LogP contribution in [0.15, 0.2) is 33.9 Å². The van der Waals surface area contributed by atoms with Crippen LogP contribution in [0.4, 0.5) is 4.39 Å². The van der Waals surface area contributed by atoms with Gasteiger partial charge in [-0.15, -0.1) is 10.2 Å². The van der Waals surface area contributed by atoms with Gasteiger partial charge in [0.15, 0.2) is 0 Å². The largest absolute Gasteiger partial charge is 0.414 e. The van der Waals surface area contributed by atoms with Gasteiger partial charge in [-0.3, -0.25) is 4.79 Å². The van der Waals surface area contributed by atoms with E-state index >= 15 is 0 Å². The van der Waals surface area contributed by atoms with Crippen LogP contribution < -0.4 is 10.2 Å². The predicted molar refractivity (Wildman–Crippen MR) is 89.0 cm³/mol. The van der Waals surface area contributed by atoms with E-state index in [1.165, 1.54) is 40.9 Å². The van der Waals surface area contributed by atoms with E-state index < -0.39 is 0 Å². The van der Waals surface area contributed by atoms with Crippen molar-refractivity contribution < 1.29 is 23.2 Å². The van der Waals surface area contributed by atoms with Crippen molar-refractivity contribution in [2.45, 2.75) is 11.8 Å². The fourth-order valence-corrected chi connectivity index (χ4v) is 3.24. The Kier molecular flexibility index (Phi) is 6.37. The van der Waals surface area contributed by atoms with E-state index in [2.05, 4.69) is 15.5 Å². The number of carbonyl (C=O) groups is 1. The Hall–Kier alpha value is -1.97. The zero-order chi connectivity index (χ0) is 17.5. The molecule has 0 radical (unpaired) electrons. The zero-order valence-corrected chi connectivity index (χ0v) is 14.5. The molecule has 1 aromatic heterocycles. The SMILES string of the molecule is O=C(NCc1nnc(SCC[NH+]2CCOCC2)o1)c1ccc(F)cc1. The minimum absolute atomic E-state index is 0.137. The van der Waals surface area contributed by atoms with Crippen molar-refractivity contribution in [3.05, 3.63) is 41.5 Å². The summed E-state index contributed by atoms with van der Waals surface area (Å²) in [5.41, 5.74) is 0.379. The summed E-state index contributed by atoms with van der Waals surface area (Å²) >= 11 is 1.51. The molecule has 0 aliphatic carbocycles. The first-order valence-electron chi connectivity index (χ1n) is 8.11. The summed E-state index contributed by atoms with van der Waals surface area (Å²) in [4.78, 5) is 13.5. The van der Waals surface area contributed by atoms with Crippen molar-refractivity contribution in [2.24, 2.45) is 0 Å². The molecule has 0 bridgehead atoms. The molecule has 0 unspecified atom stereocenters. The molecule has 7 nitrogen and oxygen atoms in total. The van der Waals surface area contributed by atoms with E-state index in [1.807, 2.05) is 0 Å². The van der Waals surface area contributed by atoms with Crippen LogP contribution in [0, 0.1) is 5.82 Å². The van der Waals surface area contributed by atoms with Gasteiger partial charge < -0.3 is 19.4 Å². The number of aromatic nitrogens is 2. The Labute approximate surface area is 148 Å². The van der Waals surface area contributed by atoms with E-state index in [1.54, 1.807) is 0 Å². The summed E-state index contributed by atoms with van der Waals surface area (Å²) in [6.07, 6.45) is 0. The van der Waals surface area contributed by atoms with E-state index in [0.717, 1.165) is 38.6 Å². The standard InChI is InChI=1S/C16H19FN4O3S/c17-13-3-1-12(2-4-13)15(22)18-11-14-19-20-16(24-14)25-10-7-21-5-8-23-9-6-21/h1-4H,5-11H2,(H,18,22)/p+1. The number of benzene rings is 1. The van der Waals surface area contributed by atoms with E-state index in [4.69, 9.17) is 9.15 Å². The van der Waals surface area contributed by atoms with Crippen molar-refractivity contribution in [2.75, 3.05) is 38.6 Å². The quantitative estimate of drug-likeness (QED) is 0.678. The van der Waals surface area contributed by atoms with Gasteiger partial charge in [-0.25, -0.2) is 4.39 Å². The van der Waals surface area contributed by atoms with Gasteiger partial charge in [0.05, 0.1) is 32.1 Å².